The second-order valence-corrected chi connectivity index (χ2v) is 22.5. The Morgan fingerprint density at radius 1 is 0.720 bits per heavy atom. The van der Waals surface area contributed by atoms with E-state index in [4.69, 9.17) is 0 Å². The first-order chi connectivity index (χ1) is 11.8. The summed E-state index contributed by atoms with van der Waals surface area (Å²) < 4.78 is 8.95. The molecule has 1 unspecified atom stereocenters. The van der Waals surface area contributed by atoms with Gasteiger partial charge in [0.2, 0.25) is 0 Å². The summed E-state index contributed by atoms with van der Waals surface area (Å²) in [4.78, 5) is 0. The molecule has 0 spiro atoms. The van der Waals surface area contributed by atoms with Crippen molar-refractivity contribution in [1.82, 2.24) is 8.66 Å². The van der Waals surface area contributed by atoms with Crippen LogP contribution in [0.15, 0.2) is 22.8 Å². The molecule has 4 heteroatoms. The van der Waals surface area contributed by atoms with Crippen LogP contribution in [-0.2, 0) is 20.8 Å². The molecule has 0 aromatic heterocycles. The zero-order chi connectivity index (χ0) is 19.4. The summed E-state index contributed by atoms with van der Waals surface area (Å²) in [6.45, 7) is 30.7. The van der Waals surface area contributed by atoms with Crippen LogP contribution >= 0.6 is 0 Å². The van der Waals surface area contributed by atoms with E-state index in [2.05, 4.69) is 84.0 Å². The number of hydrogen-bond acceptors (Lipinski definition) is 3. The van der Waals surface area contributed by atoms with Crippen molar-refractivity contribution < 1.29 is 20.8 Å². The van der Waals surface area contributed by atoms with E-state index in [9.17, 15) is 0 Å². The first-order valence-corrected chi connectivity index (χ1v) is 17.0. The molecular weight excluding hydrogens is 473 g/mol. The minimum absolute atomic E-state index is 0.200. The van der Waals surface area contributed by atoms with Gasteiger partial charge in [0, 0.05) is 0 Å². The fourth-order valence-electron chi connectivity index (χ4n) is 5.26. The summed E-state index contributed by atoms with van der Waals surface area (Å²) >= 11 is -3.37. The molecule has 146 valence electrons. The van der Waals surface area contributed by atoms with Gasteiger partial charge in [-0.3, -0.25) is 0 Å². The van der Waals surface area contributed by atoms with Gasteiger partial charge in [-0.05, 0) is 0 Å². The molecule has 0 heterocycles. The van der Waals surface area contributed by atoms with Crippen LogP contribution in [0.2, 0.25) is 3.17 Å². The molecule has 0 aromatic carbocycles. The SMILES string of the molecule is CC[N](CC)[Hf]([N](CC)CC)([N](CC)CC)[C]1(C)C=C(C)C(C)=C1C. The van der Waals surface area contributed by atoms with Crippen molar-refractivity contribution in [1.29, 1.82) is 0 Å². The van der Waals surface area contributed by atoms with Crippen molar-refractivity contribution in [2.45, 2.75) is 72.4 Å². The van der Waals surface area contributed by atoms with Gasteiger partial charge in [-0.1, -0.05) is 0 Å². The van der Waals surface area contributed by atoms with Gasteiger partial charge in [0.25, 0.3) is 0 Å². The fourth-order valence-corrected chi connectivity index (χ4v) is 30.1. The van der Waals surface area contributed by atoms with E-state index in [1.54, 1.807) is 5.57 Å². The topological polar surface area (TPSA) is 9.72 Å². The van der Waals surface area contributed by atoms with E-state index in [0.717, 1.165) is 39.3 Å². The fraction of sp³-hybridized carbons (Fsp3) is 0.810. The number of allylic oxidation sites excluding steroid dienone is 4. The molecule has 0 saturated heterocycles. The summed E-state index contributed by atoms with van der Waals surface area (Å²) in [6.07, 6.45) is 2.65. The van der Waals surface area contributed by atoms with Crippen molar-refractivity contribution >= 4 is 0 Å². The Labute approximate surface area is 163 Å². The summed E-state index contributed by atoms with van der Waals surface area (Å²) in [5.41, 5.74) is 4.64. The van der Waals surface area contributed by atoms with Gasteiger partial charge in [-0.15, -0.1) is 0 Å². The summed E-state index contributed by atoms with van der Waals surface area (Å²) in [5.74, 6) is 0. The average molecular weight is 516 g/mol. The minimum atomic E-state index is -3.37. The summed E-state index contributed by atoms with van der Waals surface area (Å²) in [7, 11) is 0. The normalized spacial score (nSPS) is 21.9. The Bertz CT molecular complexity index is 468. The first-order valence-electron chi connectivity index (χ1n) is 10.4. The predicted molar refractivity (Wildman–Crippen MR) is 109 cm³/mol. The van der Waals surface area contributed by atoms with Crippen molar-refractivity contribution in [3.8, 4) is 0 Å². The van der Waals surface area contributed by atoms with Gasteiger partial charge in [0.05, 0.1) is 0 Å². The predicted octanol–water partition coefficient (Wildman–Crippen LogP) is 5.39. The zero-order valence-corrected chi connectivity index (χ0v) is 22.3. The van der Waals surface area contributed by atoms with E-state index in [-0.39, 0.29) is 3.17 Å². The third-order valence-corrected chi connectivity index (χ3v) is 29.9. The molecule has 0 aliphatic heterocycles. The van der Waals surface area contributed by atoms with Crippen LogP contribution < -0.4 is 0 Å². The summed E-state index contributed by atoms with van der Waals surface area (Å²) in [6, 6.07) is 0. The molecule has 1 aliphatic rings. The van der Waals surface area contributed by atoms with Crippen LogP contribution in [0.1, 0.15) is 69.2 Å². The quantitative estimate of drug-likeness (QED) is 0.361. The Kier molecular flexibility index (Phi) is 8.78. The van der Waals surface area contributed by atoms with Gasteiger partial charge < -0.3 is 0 Å². The Morgan fingerprint density at radius 3 is 1.24 bits per heavy atom. The van der Waals surface area contributed by atoms with Crippen LogP contribution in [0.5, 0.6) is 0 Å². The monoisotopic (exact) mass is 517 g/mol. The van der Waals surface area contributed by atoms with E-state index < -0.39 is 20.8 Å². The number of rotatable bonds is 10. The van der Waals surface area contributed by atoms with Gasteiger partial charge in [-0.25, -0.2) is 0 Å². The number of hydrogen-bond donors (Lipinski definition) is 0. The molecule has 1 rings (SSSR count). The molecular formula is C21H43HfN3. The van der Waals surface area contributed by atoms with Gasteiger partial charge in [0.1, 0.15) is 0 Å². The maximum atomic E-state index is 2.92. The maximum absolute atomic E-state index is 3.37. The summed E-state index contributed by atoms with van der Waals surface area (Å²) in [5, 5.41) is 0. The average Bonchev–Trinajstić information content (AvgIpc) is 2.81. The molecule has 1 atom stereocenters. The third-order valence-electron chi connectivity index (χ3n) is 6.75. The second kappa shape index (κ2) is 9.43. The second-order valence-electron chi connectivity index (χ2n) is 7.43. The van der Waals surface area contributed by atoms with Crippen LogP contribution in [0, 0.1) is 0 Å². The van der Waals surface area contributed by atoms with Crippen molar-refractivity contribution in [3.05, 3.63) is 22.8 Å². The number of nitrogens with zero attached hydrogens (tertiary/aromatic N) is 3. The molecule has 0 bridgehead atoms. The van der Waals surface area contributed by atoms with Gasteiger partial charge in [0.15, 0.2) is 0 Å². The molecule has 0 N–H and O–H groups in total. The first kappa shape index (κ1) is 23.3. The molecule has 0 aromatic rings. The third kappa shape index (κ3) is 3.53. The van der Waals surface area contributed by atoms with Crippen molar-refractivity contribution in [3.63, 3.8) is 0 Å². The molecule has 1 aliphatic carbocycles. The van der Waals surface area contributed by atoms with Crippen LogP contribution in [0.4, 0.5) is 0 Å². The van der Waals surface area contributed by atoms with Crippen molar-refractivity contribution in [2.75, 3.05) is 39.3 Å². The van der Waals surface area contributed by atoms with Crippen LogP contribution in [0.25, 0.3) is 0 Å². The Hall–Kier alpha value is 0.230. The Balaban J connectivity index is 3.88. The molecule has 0 saturated carbocycles. The van der Waals surface area contributed by atoms with Crippen LogP contribution in [-0.4, -0.2) is 47.9 Å². The van der Waals surface area contributed by atoms with E-state index in [1.165, 1.54) is 11.1 Å². The molecule has 25 heavy (non-hydrogen) atoms. The van der Waals surface area contributed by atoms with E-state index >= 15 is 0 Å². The van der Waals surface area contributed by atoms with Crippen molar-refractivity contribution in [2.24, 2.45) is 0 Å². The van der Waals surface area contributed by atoms with Gasteiger partial charge >= 0.3 is 164 Å². The van der Waals surface area contributed by atoms with E-state index in [1.807, 2.05) is 0 Å². The van der Waals surface area contributed by atoms with Gasteiger partial charge in [-0.2, -0.15) is 0 Å². The molecule has 0 amide bonds. The zero-order valence-electron chi connectivity index (χ0n) is 18.7. The molecule has 0 radical (unpaired) electrons. The Morgan fingerprint density at radius 2 is 1.04 bits per heavy atom. The van der Waals surface area contributed by atoms with E-state index in [0.29, 0.717) is 0 Å². The molecule has 0 fully saturated rings. The standard InChI is InChI=1S/C9H13.3C4H10N.Hf/c1-6-5-7(2)9(4)8(6)3;3*1-3-5-4-2;/h5H,1-4H3;3*3-4H2,1-2H3;/q;3*-1;+3. The van der Waals surface area contributed by atoms with Crippen LogP contribution in [0.3, 0.4) is 0 Å². The molecule has 3 nitrogen and oxygen atoms in total.